The lowest BCUT2D eigenvalue weighted by atomic mass is 10.1. The average molecular weight is 256 g/mol. The fraction of sp³-hybridized carbons (Fsp3) is 0.818. The molecule has 0 aromatic carbocycles. The number of nitrogens with zero attached hydrogens (tertiary/aromatic N) is 2. The molecule has 2 fully saturated rings. The summed E-state index contributed by atoms with van der Waals surface area (Å²) < 4.78 is 10.9. The van der Waals surface area contributed by atoms with Crippen molar-refractivity contribution in [2.24, 2.45) is 0 Å². The Bertz CT molecular complexity index is 379. The van der Waals surface area contributed by atoms with Crippen LogP contribution in [0.1, 0.15) is 43.0 Å². The van der Waals surface area contributed by atoms with Crippen molar-refractivity contribution < 1.29 is 14.4 Å². The molecule has 2 aliphatic rings. The normalized spacial score (nSPS) is 34.1. The van der Waals surface area contributed by atoms with Gasteiger partial charge in [-0.05, 0) is 19.3 Å². The van der Waals surface area contributed by atoms with Gasteiger partial charge in [-0.15, -0.1) is 0 Å². The van der Waals surface area contributed by atoms with Crippen molar-refractivity contribution in [1.82, 2.24) is 10.1 Å². The zero-order valence-electron chi connectivity index (χ0n) is 9.54. The first-order valence-electron chi connectivity index (χ1n) is 6.05. The number of hydrogen-bond acceptors (Lipinski definition) is 6. The lowest BCUT2D eigenvalue weighted by Gasteiger charge is -2.18. The number of ether oxygens (including phenoxy) is 1. The van der Waals surface area contributed by atoms with E-state index in [0.29, 0.717) is 11.7 Å². The van der Waals surface area contributed by atoms with E-state index in [1.54, 1.807) is 0 Å². The van der Waals surface area contributed by atoms with E-state index in [1.165, 1.54) is 0 Å². The van der Waals surface area contributed by atoms with Crippen LogP contribution in [0.25, 0.3) is 0 Å². The topological polar surface area (TPSA) is 68.4 Å². The van der Waals surface area contributed by atoms with E-state index < -0.39 is 0 Å². The van der Waals surface area contributed by atoms with Crippen LogP contribution in [-0.2, 0) is 4.74 Å². The van der Waals surface area contributed by atoms with Gasteiger partial charge in [0.25, 0.3) is 0 Å². The van der Waals surface area contributed by atoms with Gasteiger partial charge in [0.2, 0.25) is 11.7 Å². The predicted octanol–water partition coefficient (Wildman–Crippen LogP) is 1.50. The molecular weight excluding hydrogens is 240 g/mol. The molecule has 17 heavy (non-hydrogen) atoms. The Morgan fingerprint density at radius 3 is 3.00 bits per heavy atom. The second kappa shape index (κ2) is 4.96. The van der Waals surface area contributed by atoms with Crippen molar-refractivity contribution in [3.63, 3.8) is 0 Å². The Morgan fingerprint density at radius 2 is 2.29 bits per heavy atom. The summed E-state index contributed by atoms with van der Waals surface area (Å²) in [6.07, 6.45) is 2.41. The van der Waals surface area contributed by atoms with E-state index in [2.05, 4.69) is 10.1 Å². The van der Waals surface area contributed by atoms with Gasteiger partial charge in [0.1, 0.15) is 6.10 Å². The number of thioether (sulfide) groups is 1. The van der Waals surface area contributed by atoms with E-state index in [-0.39, 0.29) is 18.1 Å². The first-order chi connectivity index (χ1) is 8.34. The van der Waals surface area contributed by atoms with E-state index in [0.717, 1.165) is 37.4 Å². The van der Waals surface area contributed by atoms with Gasteiger partial charge in [0, 0.05) is 11.5 Å². The summed E-state index contributed by atoms with van der Waals surface area (Å²) in [5, 5.41) is 13.8. The number of aliphatic hydroxyl groups is 1. The van der Waals surface area contributed by atoms with Gasteiger partial charge in [0.05, 0.1) is 18.6 Å². The van der Waals surface area contributed by atoms with Crippen LogP contribution in [0.2, 0.25) is 0 Å². The number of aromatic nitrogens is 2. The van der Waals surface area contributed by atoms with E-state index in [4.69, 9.17) is 9.26 Å². The maximum Gasteiger partial charge on any atom is 0.232 e. The highest BCUT2D eigenvalue weighted by atomic mass is 32.2. The molecule has 1 aliphatic carbocycles. The zero-order chi connectivity index (χ0) is 11.7. The van der Waals surface area contributed by atoms with Gasteiger partial charge in [-0.1, -0.05) is 5.16 Å². The van der Waals surface area contributed by atoms with Crippen LogP contribution in [0.5, 0.6) is 0 Å². The molecule has 2 heterocycles. The van der Waals surface area contributed by atoms with E-state index in [1.807, 2.05) is 11.8 Å². The number of rotatable bonds is 2. The lowest BCUT2D eigenvalue weighted by Crippen LogP contribution is -2.17. The van der Waals surface area contributed by atoms with Gasteiger partial charge in [0.15, 0.2) is 0 Å². The van der Waals surface area contributed by atoms with Crippen molar-refractivity contribution in [3.8, 4) is 0 Å². The Labute approximate surface area is 104 Å². The maximum absolute atomic E-state index is 9.80. The Kier molecular flexibility index (Phi) is 3.35. The predicted molar refractivity (Wildman–Crippen MR) is 62.9 cm³/mol. The Morgan fingerprint density at radius 1 is 1.35 bits per heavy atom. The molecule has 1 saturated carbocycles. The van der Waals surface area contributed by atoms with E-state index >= 15 is 0 Å². The highest BCUT2D eigenvalue weighted by Gasteiger charge is 2.32. The number of aliphatic hydroxyl groups excluding tert-OH is 1. The monoisotopic (exact) mass is 256 g/mol. The average Bonchev–Trinajstić information content (AvgIpc) is 2.98. The molecule has 1 aliphatic heterocycles. The fourth-order valence-corrected chi connectivity index (χ4v) is 3.23. The van der Waals surface area contributed by atoms with Crippen LogP contribution in [0.3, 0.4) is 0 Å². The third-order valence-electron chi connectivity index (χ3n) is 3.36. The molecule has 6 heteroatoms. The minimum absolute atomic E-state index is 0.0208. The first kappa shape index (κ1) is 11.5. The molecule has 0 amide bonds. The van der Waals surface area contributed by atoms with Gasteiger partial charge in [-0.25, -0.2) is 0 Å². The Balaban J connectivity index is 1.73. The van der Waals surface area contributed by atoms with Gasteiger partial charge >= 0.3 is 0 Å². The van der Waals surface area contributed by atoms with Gasteiger partial charge in [-0.2, -0.15) is 16.7 Å². The minimum atomic E-state index is -0.329. The molecule has 94 valence electrons. The highest BCUT2D eigenvalue weighted by molar-refractivity contribution is 7.99. The molecule has 3 rings (SSSR count). The van der Waals surface area contributed by atoms with Crippen molar-refractivity contribution in [2.75, 3.05) is 18.1 Å². The van der Waals surface area contributed by atoms with Crippen LogP contribution in [0, 0.1) is 0 Å². The van der Waals surface area contributed by atoms with Crippen molar-refractivity contribution in [2.45, 2.75) is 37.4 Å². The second-order valence-corrected chi connectivity index (χ2v) is 5.68. The largest absolute Gasteiger partial charge is 0.392 e. The Hall–Kier alpha value is -0.590. The molecule has 0 bridgehead atoms. The third kappa shape index (κ3) is 2.34. The molecule has 1 aromatic heterocycles. The zero-order valence-corrected chi connectivity index (χ0v) is 10.4. The summed E-state index contributed by atoms with van der Waals surface area (Å²) in [5.74, 6) is 3.14. The summed E-state index contributed by atoms with van der Waals surface area (Å²) in [5.41, 5.74) is 0. The minimum Gasteiger partial charge on any atom is -0.392 e. The highest BCUT2D eigenvalue weighted by Crippen LogP contribution is 2.34. The summed E-state index contributed by atoms with van der Waals surface area (Å²) in [4.78, 5) is 4.39. The molecule has 3 unspecified atom stereocenters. The lowest BCUT2D eigenvalue weighted by molar-refractivity contribution is 0.0677. The van der Waals surface area contributed by atoms with Gasteiger partial charge < -0.3 is 14.4 Å². The molecule has 1 saturated heterocycles. The standard InChI is InChI=1S/C11H16N2O3S/c14-8-3-1-2-7(8)11-12-10(13-16-11)9-6-17-5-4-15-9/h7-9,14H,1-6H2. The van der Waals surface area contributed by atoms with Crippen molar-refractivity contribution in [3.05, 3.63) is 11.7 Å². The molecule has 3 atom stereocenters. The van der Waals surface area contributed by atoms with Crippen LogP contribution in [-0.4, -0.2) is 39.5 Å². The van der Waals surface area contributed by atoms with E-state index in [9.17, 15) is 5.11 Å². The van der Waals surface area contributed by atoms with Crippen LogP contribution < -0.4 is 0 Å². The van der Waals surface area contributed by atoms with Crippen molar-refractivity contribution in [1.29, 1.82) is 0 Å². The number of hydrogen-bond donors (Lipinski definition) is 1. The SMILES string of the molecule is OC1CCCC1c1nc(C2CSCCO2)no1. The molecule has 1 N–H and O–H groups in total. The fourth-order valence-electron chi connectivity index (χ4n) is 2.39. The molecular formula is C11H16N2O3S. The molecule has 0 spiro atoms. The first-order valence-corrected chi connectivity index (χ1v) is 7.21. The summed E-state index contributed by atoms with van der Waals surface area (Å²) >= 11 is 1.84. The van der Waals surface area contributed by atoms with Crippen LogP contribution in [0.15, 0.2) is 4.52 Å². The summed E-state index contributed by atoms with van der Waals surface area (Å²) in [6.45, 7) is 0.741. The van der Waals surface area contributed by atoms with Crippen molar-refractivity contribution >= 4 is 11.8 Å². The smallest absolute Gasteiger partial charge is 0.232 e. The second-order valence-electron chi connectivity index (χ2n) is 4.53. The van der Waals surface area contributed by atoms with Crippen LogP contribution in [0.4, 0.5) is 0 Å². The summed E-state index contributed by atoms with van der Waals surface area (Å²) in [6, 6.07) is 0. The molecule has 0 radical (unpaired) electrons. The van der Waals surface area contributed by atoms with Gasteiger partial charge in [-0.3, -0.25) is 0 Å². The maximum atomic E-state index is 9.80. The molecule has 5 nitrogen and oxygen atoms in total. The van der Waals surface area contributed by atoms with Crippen LogP contribution >= 0.6 is 11.8 Å². The third-order valence-corrected chi connectivity index (χ3v) is 4.35. The quantitative estimate of drug-likeness (QED) is 0.865. The summed E-state index contributed by atoms with van der Waals surface area (Å²) in [7, 11) is 0. The molecule has 1 aromatic rings.